The quantitative estimate of drug-likeness (QED) is 0.699. The zero-order valence-corrected chi connectivity index (χ0v) is 12.7. The second-order valence-electron chi connectivity index (χ2n) is 4.89. The van der Waals surface area contributed by atoms with Crippen LogP contribution in [0.1, 0.15) is 11.1 Å². The summed E-state index contributed by atoms with van der Waals surface area (Å²) in [6, 6.07) is 18.0. The van der Waals surface area contributed by atoms with Crippen molar-refractivity contribution in [1.82, 2.24) is 4.57 Å². The Balaban J connectivity index is 2.14. The van der Waals surface area contributed by atoms with Crippen LogP contribution in [0, 0.1) is 0 Å². The summed E-state index contributed by atoms with van der Waals surface area (Å²) in [5.74, 6) is 0. The third-order valence-electron chi connectivity index (χ3n) is 3.55. The number of rotatable bonds is 2. The standard InChI is InChI=1S/C17H14BrNO/c1-19-16-5-3-2-4-15(16)13(11-17(19)20)10-12-6-8-14(18)9-7-12/h2-9,11H,10H2,1H3. The number of aryl methyl sites for hydroxylation is 1. The van der Waals surface area contributed by atoms with E-state index in [1.807, 2.05) is 37.4 Å². The Morgan fingerprint density at radius 3 is 2.50 bits per heavy atom. The van der Waals surface area contributed by atoms with E-state index in [0.29, 0.717) is 0 Å². The third-order valence-corrected chi connectivity index (χ3v) is 4.08. The maximum absolute atomic E-state index is 12.1. The van der Waals surface area contributed by atoms with E-state index in [1.54, 1.807) is 10.6 Å². The van der Waals surface area contributed by atoms with Crippen molar-refractivity contribution in [3.05, 3.63) is 80.6 Å². The van der Waals surface area contributed by atoms with Crippen LogP contribution in [0.3, 0.4) is 0 Å². The Kier molecular flexibility index (Phi) is 3.45. The average molecular weight is 328 g/mol. The fraction of sp³-hybridized carbons (Fsp3) is 0.118. The molecule has 3 heteroatoms. The van der Waals surface area contributed by atoms with Crippen molar-refractivity contribution in [1.29, 1.82) is 0 Å². The Labute approximate surface area is 125 Å². The minimum absolute atomic E-state index is 0.0378. The molecule has 0 fully saturated rings. The third kappa shape index (κ3) is 2.41. The second kappa shape index (κ2) is 5.25. The van der Waals surface area contributed by atoms with Gasteiger partial charge in [-0.1, -0.05) is 46.3 Å². The Bertz CT molecular complexity index is 819. The van der Waals surface area contributed by atoms with E-state index < -0.39 is 0 Å². The molecule has 100 valence electrons. The molecule has 0 aliphatic rings. The molecule has 0 unspecified atom stereocenters. The van der Waals surface area contributed by atoms with Gasteiger partial charge in [0.05, 0.1) is 5.52 Å². The van der Waals surface area contributed by atoms with Crippen LogP contribution in [-0.4, -0.2) is 4.57 Å². The average Bonchev–Trinajstić information content (AvgIpc) is 2.47. The fourth-order valence-corrected chi connectivity index (χ4v) is 2.71. The number of benzene rings is 2. The van der Waals surface area contributed by atoms with Crippen molar-refractivity contribution in [3.63, 3.8) is 0 Å². The molecule has 0 aliphatic heterocycles. The van der Waals surface area contributed by atoms with E-state index in [4.69, 9.17) is 0 Å². The molecular weight excluding hydrogens is 314 g/mol. The predicted octanol–water partition coefficient (Wildman–Crippen LogP) is 3.89. The molecule has 0 saturated carbocycles. The van der Waals surface area contributed by atoms with E-state index in [1.165, 1.54) is 5.56 Å². The van der Waals surface area contributed by atoms with Gasteiger partial charge in [0.15, 0.2) is 0 Å². The number of pyridine rings is 1. The molecule has 0 N–H and O–H groups in total. The minimum atomic E-state index is 0.0378. The monoisotopic (exact) mass is 327 g/mol. The van der Waals surface area contributed by atoms with Gasteiger partial charge in [0.25, 0.3) is 5.56 Å². The van der Waals surface area contributed by atoms with Gasteiger partial charge in [0.1, 0.15) is 0 Å². The molecule has 0 radical (unpaired) electrons. The summed E-state index contributed by atoms with van der Waals surface area (Å²) in [6.07, 6.45) is 0.768. The lowest BCUT2D eigenvalue weighted by Crippen LogP contribution is -2.17. The molecule has 2 aromatic carbocycles. The van der Waals surface area contributed by atoms with Crippen molar-refractivity contribution in [2.75, 3.05) is 0 Å². The van der Waals surface area contributed by atoms with Gasteiger partial charge < -0.3 is 4.57 Å². The van der Waals surface area contributed by atoms with E-state index in [0.717, 1.165) is 27.4 Å². The topological polar surface area (TPSA) is 22.0 Å². The largest absolute Gasteiger partial charge is 0.311 e. The van der Waals surface area contributed by atoms with Crippen LogP contribution >= 0.6 is 15.9 Å². The molecular formula is C17H14BrNO. The van der Waals surface area contributed by atoms with Crippen molar-refractivity contribution < 1.29 is 0 Å². The SMILES string of the molecule is Cn1c(=O)cc(Cc2ccc(Br)cc2)c2ccccc21. The molecule has 1 aromatic heterocycles. The molecule has 20 heavy (non-hydrogen) atoms. The molecule has 0 saturated heterocycles. The van der Waals surface area contributed by atoms with E-state index in [9.17, 15) is 4.79 Å². The lowest BCUT2D eigenvalue weighted by Gasteiger charge is -2.10. The highest BCUT2D eigenvalue weighted by Crippen LogP contribution is 2.20. The molecule has 0 spiro atoms. The first kappa shape index (κ1) is 13.1. The zero-order chi connectivity index (χ0) is 14.1. The molecule has 0 atom stereocenters. The Morgan fingerprint density at radius 2 is 1.75 bits per heavy atom. The van der Waals surface area contributed by atoms with Gasteiger partial charge in [0, 0.05) is 23.0 Å². The molecule has 0 amide bonds. The number of aromatic nitrogens is 1. The van der Waals surface area contributed by atoms with Gasteiger partial charge in [0.2, 0.25) is 0 Å². The van der Waals surface area contributed by atoms with Gasteiger partial charge >= 0.3 is 0 Å². The highest BCUT2D eigenvalue weighted by atomic mass is 79.9. The van der Waals surface area contributed by atoms with Gasteiger partial charge in [-0.15, -0.1) is 0 Å². The van der Waals surface area contributed by atoms with Crippen LogP contribution in [0.5, 0.6) is 0 Å². The normalized spacial score (nSPS) is 10.9. The summed E-state index contributed by atoms with van der Waals surface area (Å²) in [7, 11) is 1.81. The summed E-state index contributed by atoms with van der Waals surface area (Å²) in [5, 5.41) is 1.14. The predicted molar refractivity (Wildman–Crippen MR) is 86.1 cm³/mol. The molecule has 0 bridgehead atoms. The van der Waals surface area contributed by atoms with Crippen molar-refractivity contribution in [2.24, 2.45) is 7.05 Å². The first-order valence-corrected chi connectivity index (χ1v) is 7.26. The highest BCUT2D eigenvalue weighted by molar-refractivity contribution is 9.10. The summed E-state index contributed by atoms with van der Waals surface area (Å²) < 4.78 is 2.76. The summed E-state index contributed by atoms with van der Waals surface area (Å²) in [4.78, 5) is 12.1. The molecule has 0 aliphatic carbocycles. The molecule has 1 heterocycles. The van der Waals surface area contributed by atoms with Crippen molar-refractivity contribution >= 4 is 26.8 Å². The lowest BCUT2D eigenvalue weighted by atomic mass is 10.0. The molecule has 2 nitrogen and oxygen atoms in total. The van der Waals surface area contributed by atoms with Gasteiger partial charge in [-0.2, -0.15) is 0 Å². The fourth-order valence-electron chi connectivity index (χ4n) is 2.45. The van der Waals surface area contributed by atoms with Gasteiger partial charge in [-0.05, 0) is 35.7 Å². The maximum Gasteiger partial charge on any atom is 0.251 e. The maximum atomic E-state index is 12.1. The number of halogens is 1. The Hall–Kier alpha value is -1.87. The number of hydrogen-bond donors (Lipinski definition) is 0. The van der Waals surface area contributed by atoms with Crippen LogP contribution in [0.25, 0.3) is 10.9 Å². The number of para-hydroxylation sites is 1. The van der Waals surface area contributed by atoms with Gasteiger partial charge in [-0.3, -0.25) is 4.79 Å². The van der Waals surface area contributed by atoms with Crippen LogP contribution in [-0.2, 0) is 13.5 Å². The molecule has 3 aromatic rings. The van der Waals surface area contributed by atoms with Crippen molar-refractivity contribution in [2.45, 2.75) is 6.42 Å². The second-order valence-corrected chi connectivity index (χ2v) is 5.80. The van der Waals surface area contributed by atoms with Gasteiger partial charge in [-0.25, -0.2) is 0 Å². The van der Waals surface area contributed by atoms with E-state index >= 15 is 0 Å². The summed E-state index contributed by atoms with van der Waals surface area (Å²) >= 11 is 3.44. The van der Waals surface area contributed by atoms with Crippen LogP contribution in [0.15, 0.2) is 63.9 Å². The number of nitrogens with zero attached hydrogens (tertiary/aromatic N) is 1. The zero-order valence-electron chi connectivity index (χ0n) is 11.1. The smallest absolute Gasteiger partial charge is 0.251 e. The van der Waals surface area contributed by atoms with E-state index in [-0.39, 0.29) is 5.56 Å². The summed E-state index contributed by atoms with van der Waals surface area (Å²) in [5.41, 5.74) is 3.29. The summed E-state index contributed by atoms with van der Waals surface area (Å²) in [6.45, 7) is 0. The number of hydrogen-bond acceptors (Lipinski definition) is 1. The first-order valence-electron chi connectivity index (χ1n) is 6.47. The molecule has 3 rings (SSSR count). The van der Waals surface area contributed by atoms with Crippen LogP contribution < -0.4 is 5.56 Å². The van der Waals surface area contributed by atoms with Crippen LogP contribution in [0.4, 0.5) is 0 Å². The Morgan fingerprint density at radius 1 is 1.05 bits per heavy atom. The van der Waals surface area contributed by atoms with E-state index in [2.05, 4.69) is 34.1 Å². The minimum Gasteiger partial charge on any atom is -0.311 e. The number of fused-ring (bicyclic) bond motifs is 1. The van der Waals surface area contributed by atoms with Crippen LogP contribution in [0.2, 0.25) is 0 Å². The first-order chi connectivity index (χ1) is 9.65. The lowest BCUT2D eigenvalue weighted by molar-refractivity contribution is 0.900. The van der Waals surface area contributed by atoms with Crippen molar-refractivity contribution in [3.8, 4) is 0 Å². The highest BCUT2D eigenvalue weighted by Gasteiger charge is 2.06.